The van der Waals surface area contributed by atoms with E-state index in [0.29, 0.717) is 18.7 Å². The fourth-order valence-electron chi connectivity index (χ4n) is 4.10. The van der Waals surface area contributed by atoms with Gasteiger partial charge in [0.1, 0.15) is 5.84 Å². The number of aliphatic hydroxyl groups is 1. The first-order chi connectivity index (χ1) is 14.5. The summed E-state index contributed by atoms with van der Waals surface area (Å²) in [6.45, 7) is 3.51. The molecule has 166 valence electrons. The SMILES string of the molecule is COP(=O)(/N=C1/CC(CCCO)=CC(c2ccc(CN3CCCC3)cc2)N1C)OC. The molecule has 7 nitrogen and oxygen atoms in total. The van der Waals surface area contributed by atoms with Crippen LogP contribution >= 0.6 is 7.75 Å². The summed E-state index contributed by atoms with van der Waals surface area (Å²) in [6.07, 6.45) is 6.85. The Morgan fingerprint density at radius 1 is 1.17 bits per heavy atom. The summed E-state index contributed by atoms with van der Waals surface area (Å²) in [5.74, 6) is 0.670. The maximum atomic E-state index is 12.6. The van der Waals surface area contributed by atoms with Crippen molar-refractivity contribution in [3.05, 3.63) is 47.0 Å². The van der Waals surface area contributed by atoms with Crippen LogP contribution in [-0.4, -0.2) is 61.7 Å². The Morgan fingerprint density at radius 2 is 1.83 bits per heavy atom. The molecule has 1 atom stereocenters. The molecule has 0 amide bonds. The summed E-state index contributed by atoms with van der Waals surface area (Å²) in [6, 6.07) is 8.71. The number of hydrogen-bond donors (Lipinski definition) is 1. The van der Waals surface area contributed by atoms with Gasteiger partial charge < -0.3 is 10.0 Å². The molecule has 2 aliphatic rings. The van der Waals surface area contributed by atoms with E-state index in [2.05, 4.69) is 40.0 Å². The lowest BCUT2D eigenvalue weighted by Crippen LogP contribution is -2.34. The average Bonchev–Trinajstić information content (AvgIpc) is 3.27. The number of aliphatic hydroxyl groups excluding tert-OH is 1. The lowest BCUT2D eigenvalue weighted by atomic mass is 9.93. The van der Waals surface area contributed by atoms with Gasteiger partial charge in [-0.3, -0.25) is 13.9 Å². The molecule has 1 saturated heterocycles. The Morgan fingerprint density at radius 3 is 2.43 bits per heavy atom. The van der Waals surface area contributed by atoms with Gasteiger partial charge in [-0.15, -0.1) is 0 Å². The van der Waals surface area contributed by atoms with Crippen LogP contribution in [0.3, 0.4) is 0 Å². The van der Waals surface area contributed by atoms with Crippen molar-refractivity contribution < 1.29 is 18.7 Å². The predicted octanol–water partition coefficient (Wildman–Crippen LogP) is 4.16. The average molecular weight is 436 g/mol. The molecule has 2 aliphatic heterocycles. The van der Waals surface area contributed by atoms with Crippen LogP contribution in [-0.2, 0) is 20.2 Å². The molecule has 1 N–H and O–H groups in total. The van der Waals surface area contributed by atoms with E-state index in [-0.39, 0.29) is 12.6 Å². The van der Waals surface area contributed by atoms with Gasteiger partial charge in [0.05, 0.1) is 6.04 Å². The van der Waals surface area contributed by atoms with E-state index in [9.17, 15) is 9.67 Å². The van der Waals surface area contributed by atoms with Gasteiger partial charge in [-0.1, -0.05) is 35.9 Å². The molecular weight excluding hydrogens is 401 g/mol. The van der Waals surface area contributed by atoms with Gasteiger partial charge in [-0.2, -0.15) is 4.76 Å². The summed E-state index contributed by atoms with van der Waals surface area (Å²) in [5, 5.41) is 9.25. The van der Waals surface area contributed by atoms with E-state index in [1.807, 2.05) is 11.9 Å². The van der Waals surface area contributed by atoms with Crippen molar-refractivity contribution in [3.8, 4) is 0 Å². The number of amidine groups is 1. The van der Waals surface area contributed by atoms with Crippen LogP contribution in [0.2, 0.25) is 0 Å². The van der Waals surface area contributed by atoms with Crippen molar-refractivity contribution >= 4 is 13.6 Å². The Balaban J connectivity index is 1.84. The third-order valence-electron chi connectivity index (χ3n) is 5.88. The van der Waals surface area contributed by atoms with Crippen LogP contribution in [0, 0.1) is 0 Å². The molecule has 30 heavy (non-hydrogen) atoms. The van der Waals surface area contributed by atoms with Gasteiger partial charge in [-0.25, -0.2) is 4.57 Å². The zero-order valence-corrected chi connectivity index (χ0v) is 19.2. The molecule has 1 fully saturated rings. The van der Waals surface area contributed by atoms with Crippen LogP contribution in [0.15, 0.2) is 40.7 Å². The standard InChI is InChI=1S/C22H34N3O4P/c1-24-21(20-10-8-18(9-11-20)17-25-12-4-5-13-25)15-19(7-6-14-26)16-22(24)23-30(27,28-2)29-3/h8-11,15,21,26H,4-7,12-14,16-17H2,1-3H3/b23-22-. The van der Waals surface area contributed by atoms with Gasteiger partial charge in [0.2, 0.25) is 0 Å². The number of hydrogen-bond acceptors (Lipinski definition) is 5. The van der Waals surface area contributed by atoms with Gasteiger partial charge in [0.15, 0.2) is 0 Å². The predicted molar refractivity (Wildman–Crippen MR) is 120 cm³/mol. The fourth-order valence-corrected chi connectivity index (χ4v) is 4.91. The Bertz CT molecular complexity index is 795. The Labute approximate surface area is 180 Å². The first kappa shape index (κ1) is 23.2. The van der Waals surface area contributed by atoms with Crippen LogP contribution in [0.5, 0.6) is 0 Å². The first-order valence-electron chi connectivity index (χ1n) is 10.6. The zero-order valence-electron chi connectivity index (χ0n) is 18.3. The first-order valence-corrected chi connectivity index (χ1v) is 12.1. The van der Waals surface area contributed by atoms with Gasteiger partial charge >= 0.3 is 7.75 Å². The number of likely N-dealkylation sites (N-methyl/N-ethyl adjacent to an activating group) is 1. The molecule has 1 aromatic rings. The highest BCUT2D eigenvalue weighted by atomic mass is 31.2. The van der Waals surface area contributed by atoms with E-state index in [1.54, 1.807) is 0 Å². The van der Waals surface area contributed by atoms with Crippen molar-refractivity contribution in [2.45, 2.75) is 44.7 Å². The molecule has 1 aromatic carbocycles. The molecule has 0 bridgehead atoms. The second kappa shape index (κ2) is 10.7. The van der Waals surface area contributed by atoms with E-state index < -0.39 is 7.75 Å². The molecule has 0 saturated carbocycles. The van der Waals surface area contributed by atoms with Gasteiger partial charge in [0, 0.05) is 40.8 Å². The van der Waals surface area contributed by atoms with Crippen LogP contribution in [0.4, 0.5) is 0 Å². The lowest BCUT2D eigenvalue weighted by Gasteiger charge is -2.35. The normalized spacial score (nSPS) is 22.0. The summed E-state index contributed by atoms with van der Waals surface area (Å²) in [4.78, 5) is 4.52. The quantitative estimate of drug-likeness (QED) is 0.464. The second-order valence-corrected chi connectivity index (χ2v) is 9.83. The molecule has 0 aromatic heterocycles. The molecular formula is C22H34N3O4P. The fraction of sp³-hybridized carbons (Fsp3) is 0.591. The Kier molecular flexibility index (Phi) is 8.26. The monoisotopic (exact) mass is 435 g/mol. The van der Waals surface area contributed by atoms with Gasteiger partial charge in [0.25, 0.3) is 0 Å². The van der Waals surface area contributed by atoms with E-state index in [0.717, 1.165) is 18.5 Å². The van der Waals surface area contributed by atoms with Crippen molar-refractivity contribution in [2.75, 3.05) is 41.0 Å². The highest BCUT2D eigenvalue weighted by molar-refractivity contribution is 7.52. The smallest absolute Gasteiger partial charge is 0.396 e. The number of likely N-dealkylation sites (tertiary alicyclic amines) is 1. The molecule has 2 heterocycles. The highest BCUT2D eigenvalue weighted by Crippen LogP contribution is 2.49. The summed E-state index contributed by atoms with van der Waals surface area (Å²) in [7, 11) is 1.12. The maximum Gasteiger partial charge on any atom is 0.454 e. The lowest BCUT2D eigenvalue weighted by molar-refractivity contribution is 0.275. The molecule has 0 radical (unpaired) electrons. The number of benzene rings is 1. The summed E-state index contributed by atoms with van der Waals surface area (Å²) < 4.78 is 27.0. The second-order valence-electron chi connectivity index (χ2n) is 7.96. The zero-order chi connectivity index (χ0) is 21.6. The highest BCUT2D eigenvalue weighted by Gasteiger charge is 2.29. The minimum absolute atomic E-state index is 0.0193. The third kappa shape index (κ3) is 5.80. The summed E-state index contributed by atoms with van der Waals surface area (Å²) in [5.41, 5.74) is 3.65. The largest absolute Gasteiger partial charge is 0.454 e. The summed E-state index contributed by atoms with van der Waals surface area (Å²) >= 11 is 0. The van der Waals surface area contributed by atoms with Crippen LogP contribution in [0.1, 0.15) is 49.3 Å². The molecule has 0 aliphatic carbocycles. The van der Waals surface area contributed by atoms with Gasteiger partial charge in [-0.05, 0) is 49.9 Å². The minimum atomic E-state index is -3.52. The van der Waals surface area contributed by atoms with Crippen molar-refractivity contribution in [1.29, 1.82) is 0 Å². The molecule has 0 spiro atoms. The van der Waals surface area contributed by atoms with E-state index >= 15 is 0 Å². The van der Waals surface area contributed by atoms with E-state index in [1.165, 1.54) is 51.3 Å². The van der Waals surface area contributed by atoms with Crippen LogP contribution < -0.4 is 0 Å². The number of nitrogens with zero attached hydrogens (tertiary/aromatic N) is 3. The van der Waals surface area contributed by atoms with Crippen molar-refractivity contribution in [1.82, 2.24) is 9.80 Å². The van der Waals surface area contributed by atoms with Crippen LogP contribution in [0.25, 0.3) is 0 Å². The van der Waals surface area contributed by atoms with Crippen molar-refractivity contribution in [3.63, 3.8) is 0 Å². The molecule has 8 heteroatoms. The topological polar surface area (TPSA) is 74.6 Å². The maximum absolute atomic E-state index is 12.6. The number of rotatable bonds is 9. The van der Waals surface area contributed by atoms with Crippen molar-refractivity contribution in [2.24, 2.45) is 4.76 Å². The molecule has 1 unspecified atom stereocenters. The third-order valence-corrected chi connectivity index (χ3v) is 7.28. The van der Waals surface area contributed by atoms with E-state index in [4.69, 9.17) is 9.05 Å². The Hall–Kier alpha value is -1.50. The molecule has 3 rings (SSSR count). The minimum Gasteiger partial charge on any atom is -0.396 e.